The van der Waals surface area contributed by atoms with Gasteiger partial charge in [-0.15, -0.1) is 0 Å². The zero-order chi connectivity index (χ0) is 46.6. The van der Waals surface area contributed by atoms with Crippen molar-refractivity contribution in [3.8, 4) is 0 Å². The molecule has 0 radical (unpaired) electrons. The molecule has 4 aromatic rings. The van der Waals surface area contributed by atoms with Crippen molar-refractivity contribution in [2.75, 3.05) is 31.1 Å². The molecular formula is C55H67N6O3S2+. The smallest absolute Gasteiger partial charge is 0.235 e. The van der Waals surface area contributed by atoms with Crippen LogP contribution in [0.15, 0.2) is 109 Å². The van der Waals surface area contributed by atoms with E-state index in [0.717, 1.165) is 49.9 Å². The highest BCUT2D eigenvalue weighted by atomic mass is 33.2. The van der Waals surface area contributed by atoms with E-state index in [1.807, 2.05) is 0 Å². The van der Waals surface area contributed by atoms with Crippen molar-refractivity contribution in [2.24, 2.45) is 5.73 Å². The molecule has 4 aliphatic rings. The molecule has 0 aromatic heterocycles. The third-order valence-electron chi connectivity index (χ3n) is 14.7. The topological polar surface area (TPSA) is 120 Å². The normalized spacial score (nSPS) is 23.0. The molecule has 0 unspecified atom stereocenters. The van der Waals surface area contributed by atoms with E-state index < -0.39 is 10.1 Å². The lowest BCUT2D eigenvalue weighted by Gasteiger charge is -2.32. The number of fused-ring (bicyclic) bond motifs is 9. The monoisotopic (exact) mass is 923 g/mol. The second-order valence-corrected chi connectivity index (χ2v) is 21.4. The SMILES string of the molecule is CCC1(CC)C2=[N+](CCC(=O)NCC3(SS3)C(=O)[C@H](CCCCN)NNC(=O)CCN3/C(=C/C=C/C=C/C=C/2)C(CC)(CC)c2c3ccc3cc(C)ccc23)c2ccc3cc(C)ccc3c21. The Kier molecular flexibility index (Phi) is 14.5. The number of aryl methyl sites for hydroxylation is 2. The van der Waals surface area contributed by atoms with Gasteiger partial charge in [0.25, 0.3) is 0 Å². The molecule has 66 heavy (non-hydrogen) atoms. The Morgan fingerprint density at radius 3 is 2.06 bits per heavy atom. The van der Waals surface area contributed by atoms with Crippen LogP contribution in [0.2, 0.25) is 0 Å². The number of anilines is 1. The maximum Gasteiger partial charge on any atom is 0.235 e. The van der Waals surface area contributed by atoms with Crippen molar-refractivity contribution in [1.82, 2.24) is 16.2 Å². The molecule has 4 aromatic carbocycles. The van der Waals surface area contributed by atoms with Crippen LogP contribution in [0.1, 0.15) is 108 Å². The molecule has 8 rings (SSSR count). The van der Waals surface area contributed by atoms with E-state index in [0.29, 0.717) is 26.1 Å². The zero-order valence-electron chi connectivity index (χ0n) is 39.6. The summed E-state index contributed by atoms with van der Waals surface area (Å²) in [6.07, 6.45) is 21.2. The second-order valence-electron chi connectivity index (χ2n) is 18.4. The van der Waals surface area contributed by atoms with Gasteiger partial charge in [0.2, 0.25) is 17.5 Å². The molecule has 1 spiro atoms. The lowest BCUT2D eigenvalue weighted by molar-refractivity contribution is -0.436. The van der Waals surface area contributed by atoms with Crippen molar-refractivity contribution in [3.63, 3.8) is 0 Å². The molecule has 2 amide bonds. The molecule has 0 bridgehead atoms. The summed E-state index contributed by atoms with van der Waals surface area (Å²) in [5.74, 6) is -0.324. The Balaban J connectivity index is 1.20. The Morgan fingerprint density at radius 2 is 1.39 bits per heavy atom. The molecule has 346 valence electrons. The predicted molar refractivity (Wildman–Crippen MR) is 278 cm³/mol. The van der Waals surface area contributed by atoms with Gasteiger partial charge in [0.1, 0.15) is 0 Å². The molecule has 1 fully saturated rings. The molecule has 5 N–H and O–H groups in total. The summed E-state index contributed by atoms with van der Waals surface area (Å²) < 4.78 is 1.54. The molecular weight excluding hydrogens is 857 g/mol. The third-order valence-corrected chi connectivity index (χ3v) is 17.7. The minimum atomic E-state index is -0.824. The zero-order valence-corrected chi connectivity index (χ0v) is 41.2. The van der Waals surface area contributed by atoms with Gasteiger partial charge < -0.3 is 16.0 Å². The number of nitrogens with zero attached hydrogens (tertiary/aromatic N) is 2. The van der Waals surface area contributed by atoms with Gasteiger partial charge in [-0.2, -0.15) is 4.58 Å². The van der Waals surface area contributed by atoms with Crippen LogP contribution in [0.5, 0.6) is 0 Å². The Bertz CT molecular complexity index is 2690. The quantitative estimate of drug-likeness (QED) is 0.0597. The van der Waals surface area contributed by atoms with E-state index in [1.54, 1.807) is 0 Å². The van der Waals surface area contributed by atoms with E-state index in [4.69, 9.17) is 5.73 Å². The van der Waals surface area contributed by atoms with E-state index in [9.17, 15) is 14.4 Å². The maximum absolute atomic E-state index is 14.4. The number of hydrogen-bond acceptors (Lipinski definition) is 8. The van der Waals surface area contributed by atoms with Crippen molar-refractivity contribution >= 4 is 77.8 Å². The fourth-order valence-electron chi connectivity index (χ4n) is 11.0. The first-order valence-electron chi connectivity index (χ1n) is 24.1. The first-order valence-corrected chi connectivity index (χ1v) is 26.3. The van der Waals surface area contributed by atoms with Gasteiger partial charge >= 0.3 is 0 Å². The summed E-state index contributed by atoms with van der Waals surface area (Å²) in [7, 11) is 2.96. The Labute approximate surface area is 399 Å². The number of benzene rings is 4. The first kappa shape index (κ1) is 47.5. The van der Waals surface area contributed by atoms with Crippen LogP contribution in [0.25, 0.3) is 21.5 Å². The standard InChI is InChI=1S/C55H66N6O3S2/c1-7-53(8-2)46-19-14-12-11-13-15-20-47-54(9-3,10-4)51-42-26-22-38(6)35-40(42)24-28-45(51)61(47)33-30-49(63)59-58-43(18-16-17-31-56)52(64)55(65-66-55)36-57-48(62)29-32-60(46)44-27-23-39-34-37(5)21-25-41(39)50(44)53/h11-15,19-28,34-35,43,58H,7-10,16-18,29-33,36,56H2,1-6H3,(H-,57,59,62,63)/p+1/t43-/m0/s1. The summed E-state index contributed by atoms with van der Waals surface area (Å²) >= 11 is 0. The minimum absolute atomic E-state index is 0.0343. The number of carbonyl (C=O) groups excluding carboxylic acids is 3. The number of hydrazine groups is 1. The summed E-state index contributed by atoms with van der Waals surface area (Å²) in [5, 5.41) is 8.09. The Morgan fingerprint density at radius 1 is 0.742 bits per heavy atom. The van der Waals surface area contributed by atoms with E-state index in [2.05, 4.69) is 170 Å². The number of hydrogen-bond donors (Lipinski definition) is 4. The lowest BCUT2D eigenvalue weighted by Crippen LogP contribution is -2.53. The molecule has 4 aliphatic heterocycles. The number of Topliss-reactive ketones (excluding diaryl/α,β-unsaturated/α-hetero) is 1. The summed E-state index contributed by atoms with van der Waals surface area (Å²) in [5.41, 5.74) is 21.2. The molecule has 11 heteroatoms. The van der Waals surface area contributed by atoms with Gasteiger partial charge in [-0.1, -0.05) is 140 Å². The maximum atomic E-state index is 14.4. The van der Waals surface area contributed by atoms with Gasteiger partial charge in [0.05, 0.1) is 24.4 Å². The van der Waals surface area contributed by atoms with Gasteiger partial charge in [-0.25, -0.2) is 5.43 Å². The van der Waals surface area contributed by atoms with Crippen LogP contribution in [-0.2, 0) is 25.2 Å². The summed E-state index contributed by atoms with van der Waals surface area (Å²) in [6.45, 7) is 15.1. The van der Waals surface area contributed by atoms with Crippen LogP contribution in [0, 0.1) is 13.8 Å². The first-order chi connectivity index (χ1) is 32.0. The van der Waals surface area contributed by atoms with E-state index >= 15 is 0 Å². The highest BCUT2D eigenvalue weighted by molar-refractivity contribution is 8.94. The van der Waals surface area contributed by atoms with Crippen LogP contribution in [0.4, 0.5) is 11.4 Å². The fourth-order valence-corrected chi connectivity index (χ4v) is 13.0. The fraction of sp³-hybridized carbons (Fsp3) is 0.418. The summed E-state index contributed by atoms with van der Waals surface area (Å²) in [4.78, 5) is 44.3. The van der Waals surface area contributed by atoms with Gasteiger partial charge in [0.15, 0.2) is 22.1 Å². The molecule has 1 saturated heterocycles. The molecule has 4 heterocycles. The van der Waals surface area contributed by atoms with Crippen molar-refractivity contribution in [2.45, 2.75) is 120 Å². The van der Waals surface area contributed by atoms with E-state index in [1.165, 1.54) is 76.8 Å². The number of nitrogens with two attached hydrogens (primary N) is 1. The Hall–Kier alpha value is -4.94. The number of ketones is 1. The van der Waals surface area contributed by atoms with Gasteiger partial charge in [-0.3, -0.25) is 19.8 Å². The van der Waals surface area contributed by atoms with Gasteiger partial charge in [0, 0.05) is 47.5 Å². The molecule has 0 aliphatic carbocycles. The van der Waals surface area contributed by atoms with Crippen molar-refractivity contribution in [1.29, 1.82) is 0 Å². The molecule has 9 nitrogen and oxygen atoms in total. The average molecular weight is 924 g/mol. The number of unbranched alkanes of at least 4 members (excludes halogenated alkanes) is 1. The van der Waals surface area contributed by atoms with Crippen LogP contribution >= 0.6 is 21.6 Å². The van der Waals surface area contributed by atoms with Gasteiger partial charge in [-0.05, 0) is 104 Å². The number of carbonyl (C=O) groups is 3. The largest absolute Gasteiger partial charge is 0.353 e. The minimum Gasteiger partial charge on any atom is -0.353 e. The van der Waals surface area contributed by atoms with E-state index in [-0.39, 0.29) is 47.8 Å². The predicted octanol–water partition coefficient (Wildman–Crippen LogP) is 10.6. The third kappa shape index (κ3) is 8.84. The van der Waals surface area contributed by atoms with Crippen molar-refractivity contribution < 1.29 is 19.0 Å². The number of allylic oxidation sites excluding steroid dienone is 8. The van der Waals surface area contributed by atoms with Crippen molar-refractivity contribution in [3.05, 3.63) is 131 Å². The molecule has 1 atom stereocenters. The van der Waals surface area contributed by atoms with Crippen LogP contribution in [-0.4, -0.2) is 64.2 Å². The highest BCUT2D eigenvalue weighted by Crippen LogP contribution is 2.65. The average Bonchev–Trinajstić information content (AvgIpc) is 4.00. The van der Waals surface area contributed by atoms with Crippen LogP contribution in [0.3, 0.4) is 0 Å². The number of amides is 2. The molecule has 0 saturated carbocycles. The number of nitrogens with one attached hydrogen (secondary N) is 3. The van der Waals surface area contributed by atoms with Crippen LogP contribution < -0.4 is 26.8 Å². The summed E-state index contributed by atoms with van der Waals surface area (Å²) in [6, 6.07) is 21.7. The second kappa shape index (κ2) is 20.1. The lowest BCUT2D eigenvalue weighted by atomic mass is 9.71. The highest BCUT2D eigenvalue weighted by Gasteiger charge is 2.56. The number of rotatable bonds is 8.